The third-order valence-electron chi connectivity index (χ3n) is 7.47. The van der Waals surface area contributed by atoms with E-state index >= 15 is 0 Å². The summed E-state index contributed by atoms with van der Waals surface area (Å²) in [4.78, 5) is 130. The van der Waals surface area contributed by atoms with Gasteiger partial charge in [-0.05, 0) is 43.4 Å². The molecule has 1 aromatic carbocycles. The molecule has 1 aromatic rings. The number of urea groups is 2. The van der Waals surface area contributed by atoms with Crippen LogP contribution in [-0.2, 0) is 49.6 Å². The average molecular weight is 830 g/mol. The van der Waals surface area contributed by atoms with E-state index < -0.39 is 128 Å². The summed E-state index contributed by atoms with van der Waals surface area (Å²) in [7, 11) is 0. The van der Waals surface area contributed by atoms with Crippen LogP contribution < -0.4 is 37.2 Å². The molecule has 0 saturated carbocycles. The quantitative estimate of drug-likeness (QED) is 0.0355. The van der Waals surface area contributed by atoms with Crippen LogP contribution in [0, 0.1) is 0 Å². The summed E-state index contributed by atoms with van der Waals surface area (Å²) < 4.78 is 0. The van der Waals surface area contributed by atoms with E-state index in [0.29, 0.717) is 5.56 Å². The van der Waals surface area contributed by atoms with Gasteiger partial charge in [0.15, 0.2) is 0 Å². The Labute approximate surface area is 327 Å². The standard InChI is InChI=1S/C32H43N7O17S/c40-22(35-19(12-24(43)44)26(47)36-20(13-25(45)46)27(48)37-21(14-57)30(53)54)11-15-4-6-16(7-5-15)34-31(55)33-10-2-1-3-17(28(49)50)38-32(56)39-18(29(51)52)8-9-23(41)42/h4-7,17-21,57H,1-3,8-14H2,(H,35,40)(H,36,47)(H,37,48)(H,41,42)(H,43,44)(H,45,46)(H,49,50)(H,51,52)(H,53,54)(H2,33,34,55)(H2,38,39,56)/t17-,18-,19-,20-,21-/m0/s1. The molecule has 0 unspecified atom stereocenters. The van der Waals surface area contributed by atoms with E-state index in [0.717, 1.165) is 0 Å². The van der Waals surface area contributed by atoms with E-state index in [9.17, 15) is 63.0 Å². The summed E-state index contributed by atoms with van der Waals surface area (Å²) in [5, 5.41) is 70.2. The van der Waals surface area contributed by atoms with Gasteiger partial charge in [0.1, 0.15) is 30.2 Å². The van der Waals surface area contributed by atoms with E-state index in [2.05, 4.69) is 33.9 Å². The number of carbonyl (C=O) groups is 11. The molecule has 0 spiro atoms. The first kappa shape index (κ1) is 48.4. The highest BCUT2D eigenvalue weighted by molar-refractivity contribution is 7.80. The first-order valence-electron chi connectivity index (χ1n) is 16.8. The lowest BCUT2D eigenvalue weighted by atomic mass is 10.1. The van der Waals surface area contributed by atoms with Crippen molar-refractivity contribution >= 4 is 83.9 Å². The Hall–Kier alpha value is -6.66. The van der Waals surface area contributed by atoms with E-state index in [1.54, 1.807) is 0 Å². The lowest BCUT2D eigenvalue weighted by Gasteiger charge is -2.22. The molecule has 0 bridgehead atoms. The number of rotatable bonds is 26. The molecule has 1 rings (SSSR count). The van der Waals surface area contributed by atoms with Crippen LogP contribution in [0.25, 0.3) is 0 Å². The zero-order valence-corrected chi connectivity index (χ0v) is 30.8. The highest BCUT2D eigenvalue weighted by Crippen LogP contribution is 2.11. The molecule has 25 heteroatoms. The number of thiol groups is 1. The molecule has 24 nitrogen and oxygen atoms in total. The number of anilines is 1. The van der Waals surface area contributed by atoms with Crippen molar-refractivity contribution < 1.29 is 83.4 Å². The van der Waals surface area contributed by atoms with Gasteiger partial charge in [0.05, 0.1) is 19.3 Å². The average Bonchev–Trinajstić information content (AvgIpc) is 3.10. The van der Waals surface area contributed by atoms with Crippen molar-refractivity contribution in [2.24, 2.45) is 0 Å². The third-order valence-corrected chi connectivity index (χ3v) is 7.84. The SMILES string of the molecule is O=C(O)CC[C@H](NC(=O)N[C@@H](CCCCNC(=O)Nc1ccc(CC(=O)N[C@@H](CC(=O)O)C(=O)N[C@@H](CC(=O)O)C(=O)N[C@@H](CS)C(=O)O)cc1)C(=O)O)C(=O)O. The van der Waals surface area contributed by atoms with Gasteiger partial charge in [0.25, 0.3) is 0 Å². The number of nitrogens with one attached hydrogen (secondary N) is 7. The van der Waals surface area contributed by atoms with Crippen molar-refractivity contribution in [1.29, 1.82) is 0 Å². The minimum atomic E-state index is -1.84. The third kappa shape index (κ3) is 20.0. The summed E-state index contributed by atoms with van der Waals surface area (Å²) in [6.07, 6.45) is -2.96. The Kier molecular flexibility index (Phi) is 20.9. The van der Waals surface area contributed by atoms with Gasteiger partial charge in [-0.25, -0.2) is 24.0 Å². The molecule has 0 radical (unpaired) electrons. The molecule has 0 fully saturated rings. The fraction of sp³-hybridized carbons (Fsp3) is 0.469. The minimum absolute atomic E-state index is 0.0736. The normalized spacial score (nSPS) is 13.1. The van der Waals surface area contributed by atoms with Crippen LogP contribution in [0.3, 0.4) is 0 Å². The summed E-state index contributed by atoms with van der Waals surface area (Å²) in [5.41, 5.74) is 0.617. The van der Waals surface area contributed by atoms with Gasteiger partial charge in [-0.15, -0.1) is 0 Å². The topological polar surface area (TPSA) is 393 Å². The second kappa shape index (κ2) is 24.7. The van der Waals surface area contributed by atoms with Gasteiger partial charge in [0.2, 0.25) is 17.7 Å². The number of carboxylic acids is 6. The van der Waals surface area contributed by atoms with Crippen molar-refractivity contribution in [3.8, 4) is 0 Å². The molecular weight excluding hydrogens is 786 g/mol. The van der Waals surface area contributed by atoms with Gasteiger partial charge in [-0.1, -0.05) is 12.1 Å². The number of benzene rings is 1. The number of aliphatic carboxylic acids is 6. The number of carboxylic acid groups (broad SMARTS) is 6. The second-order valence-electron chi connectivity index (χ2n) is 12.0. The van der Waals surface area contributed by atoms with Crippen LogP contribution in [0.15, 0.2) is 24.3 Å². The number of hydrogen-bond donors (Lipinski definition) is 14. The minimum Gasteiger partial charge on any atom is -0.481 e. The fourth-order valence-corrected chi connectivity index (χ4v) is 4.87. The fourth-order valence-electron chi connectivity index (χ4n) is 4.63. The predicted molar refractivity (Wildman–Crippen MR) is 194 cm³/mol. The monoisotopic (exact) mass is 829 g/mol. The molecule has 0 aromatic heterocycles. The van der Waals surface area contributed by atoms with E-state index in [1.807, 2.05) is 16.0 Å². The summed E-state index contributed by atoms with van der Waals surface area (Å²) >= 11 is 3.78. The van der Waals surface area contributed by atoms with Gasteiger partial charge in [-0.3, -0.25) is 28.8 Å². The van der Waals surface area contributed by atoms with Crippen molar-refractivity contribution in [3.05, 3.63) is 29.8 Å². The number of hydrogen-bond acceptors (Lipinski definition) is 12. The van der Waals surface area contributed by atoms with Crippen molar-refractivity contribution in [2.75, 3.05) is 17.6 Å². The maximum absolute atomic E-state index is 12.9. The molecule has 0 heterocycles. The molecule has 0 saturated heterocycles. The number of carbonyl (C=O) groups excluding carboxylic acids is 5. The molecule has 0 aliphatic heterocycles. The number of unbranched alkanes of at least 4 members (excludes halogenated alkanes) is 1. The molecule has 7 amide bonds. The summed E-state index contributed by atoms with van der Waals surface area (Å²) in [6, 6.07) is -4.22. The van der Waals surface area contributed by atoms with Crippen LogP contribution >= 0.6 is 12.6 Å². The molecule has 0 aliphatic carbocycles. The van der Waals surface area contributed by atoms with E-state index in [-0.39, 0.29) is 37.2 Å². The summed E-state index contributed by atoms with van der Waals surface area (Å²) in [6.45, 7) is 0.0736. The van der Waals surface area contributed by atoms with Gasteiger partial charge in [-0.2, -0.15) is 12.6 Å². The van der Waals surface area contributed by atoms with Crippen LogP contribution in [0.4, 0.5) is 15.3 Å². The molecule has 0 aliphatic rings. The van der Waals surface area contributed by atoms with Crippen LogP contribution in [0.5, 0.6) is 0 Å². The lowest BCUT2D eigenvalue weighted by Crippen LogP contribution is -2.57. The van der Waals surface area contributed by atoms with Crippen molar-refractivity contribution in [2.45, 2.75) is 81.6 Å². The van der Waals surface area contributed by atoms with Crippen molar-refractivity contribution in [1.82, 2.24) is 31.9 Å². The lowest BCUT2D eigenvalue weighted by molar-refractivity contribution is -0.144. The Balaban J connectivity index is 2.67. The smallest absolute Gasteiger partial charge is 0.327 e. The molecular formula is C32H43N7O17S. The zero-order valence-electron chi connectivity index (χ0n) is 29.9. The molecule has 314 valence electrons. The predicted octanol–water partition coefficient (Wildman–Crippen LogP) is -1.99. The van der Waals surface area contributed by atoms with E-state index in [4.69, 9.17) is 20.4 Å². The Morgan fingerprint density at radius 2 is 1.04 bits per heavy atom. The maximum atomic E-state index is 12.9. The molecule has 13 N–H and O–H groups in total. The molecule has 57 heavy (non-hydrogen) atoms. The van der Waals surface area contributed by atoms with Crippen LogP contribution in [0.1, 0.15) is 50.5 Å². The zero-order chi connectivity index (χ0) is 43.2. The highest BCUT2D eigenvalue weighted by Gasteiger charge is 2.32. The van der Waals surface area contributed by atoms with Crippen molar-refractivity contribution in [3.63, 3.8) is 0 Å². The highest BCUT2D eigenvalue weighted by atomic mass is 32.1. The largest absolute Gasteiger partial charge is 0.481 e. The summed E-state index contributed by atoms with van der Waals surface area (Å²) in [5.74, 6) is -12.4. The second-order valence-corrected chi connectivity index (χ2v) is 12.4. The van der Waals surface area contributed by atoms with Gasteiger partial charge < -0.3 is 67.9 Å². The molecule has 5 atom stereocenters. The first-order valence-corrected chi connectivity index (χ1v) is 17.4. The van der Waals surface area contributed by atoms with Crippen LogP contribution in [0.2, 0.25) is 0 Å². The van der Waals surface area contributed by atoms with Gasteiger partial charge >= 0.3 is 47.9 Å². The Bertz CT molecular complexity index is 1660. The van der Waals surface area contributed by atoms with Crippen LogP contribution in [-0.4, -0.2) is 139 Å². The number of amides is 7. The Morgan fingerprint density at radius 1 is 0.544 bits per heavy atom. The Morgan fingerprint density at radius 3 is 1.51 bits per heavy atom. The maximum Gasteiger partial charge on any atom is 0.327 e. The van der Waals surface area contributed by atoms with E-state index in [1.165, 1.54) is 24.3 Å². The van der Waals surface area contributed by atoms with Gasteiger partial charge in [0, 0.05) is 24.4 Å². The first-order chi connectivity index (χ1) is 26.7.